The molecule has 6 nitrogen and oxygen atoms in total. The molecule has 0 aromatic heterocycles. The molecule has 1 N–H and O–H groups in total. The molecule has 0 atom stereocenters. The van der Waals surface area contributed by atoms with Crippen molar-refractivity contribution in [2.45, 2.75) is 13.0 Å². The second kappa shape index (κ2) is 9.48. The van der Waals surface area contributed by atoms with Crippen LogP contribution in [0.1, 0.15) is 11.1 Å². The molecule has 0 bridgehead atoms. The first kappa shape index (κ1) is 20.9. The molecule has 0 radical (unpaired) electrons. The average molecular weight is 394 g/mol. The van der Waals surface area contributed by atoms with Gasteiger partial charge in [-0.3, -0.25) is 4.79 Å². The van der Waals surface area contributed by atoms with Crippen molar-refractivity contribution in [1.82, 2.24) is 9.62 Å². The van der Waals surface area contributed by atoms with E-state index in [1.165, 1.54) is 16.4 Å². The van der Waals surface area contributed by atoms with Crippen LogP contribution >= 0.6 is 0 Å². The largest absolute Gasteiger partial charge is 0.497 e. The van der Waals surface area contributed by atoms with Gasteiger partial charge in [0.1, 0.15) is 11.6 Å². The molecule has 0 aliphatic rings. The van der Waals surface area contributed by atoms with Gasteiger partial charge < -0.3 is 10.1 Å². The maximum absolute atomic E-state index is 12.9. The van der Waals surface area contributed by atoms with E-state index in [1.807, 2.05) is 0 Å². The van der Waals surface area contributed by atoms with Crippen LogP contribution in [0.5, 0.6) is 5.75 Å². The van der Waals surface area contributed by atoms with E-state index in [2.05, 4.69) is 5.32 Å². The van der Waals surface area contributed by atoms with Crippen LogP contribution in [0.15, 0.2) is 48.5 Å². The Labute approximate surface area is 159 Å². The van der Waals surface area contributed by atoms with Gasteiger partial charge in [0.15, 0.2) is 0 Å². The van der Waals surface area contributed by atoms with Gasteiger partial charge in [-0.2, -0.15) is 4.31 Å². The van der Waals surface area contributed by atoms with Crippen LogP contribution in [-0.2, 0) is 27.8 Å². The fourth-order valence-electron chi connectivity index (χ4n) is 2.47. The lowest BCUT2D eigenvalue weighted by molar-refractivity contribution is -0.120. The summed E-state index contributed by atoms with van der Waals surface area (Å²) in [4.78, 5) is 12.0. The second-order valence-corrected chi connectivity index (χ2v) is 8.08. The molecule has 0 saturated carbocycles. The predicted molar refractivity (Wildman–Crippen MR) is 101 cm³/mol. The molecule has 2 aromatic carbocycles. The molecule has 0 aliphatic carbocycles. The maximum atomic E-state index is 12.9. The Balaban J connectivity index is 1.88. The van der Waals surface area contributed by atoms with Crippen molar-refractivity contribution in [2.75, 3.05) is 26.5 Å². The minimum atomic E-state index is -3.43. The van der Waals surface area contributed by atoms with E-state index in [4.69, 9.17) is 4.74 Å². The number of amides is 1. The third kappa shape index (κ3) is 6.99. The molecular formula is C19H23FN2O4S. The highest BCUT2D eigenvalue weighted by Gasteiger charge is 2.17. The number of ether oxygens (including phenoxy) is 1. The van der Waals surface area contributed by atoms with E-state index in [0.29, 0.717) is 11.3 Å². The smallest absolute Gasteiger partial charge is 0.224 e. The Morgan fingerprint density at radius 3 is 2.22 bits per heavy atom. The van der Waals surface area contributed by atoms with Gasteiger partial charge in [0.2, 0.25) is 15.9 Å². The van der Waals surface area contributed by atoms with Crippen molar-refractivity contribution >= 4 is 15.9 Å². The molecule has 2 aromatic rings. The van der Waals surface area contributed by atoms with Crippen molar-refractivity contribution in [1.29, 1.82) is 0 Å². The zero-order valence-electron chi connectivity index (χ0n) is 15.3. The van der Waals surface area contributed by atoms with Crippen molar-refractivity contribution in [3.05, 3.63) is 65.5 Å². The van der Waals surface area contributed by atoms with Crippen molar-refractivity contribution in [3.63, 3.8) is 0 Å². The lowest BCUT2D eigenvalue weighted by atomic mass is 10.1. The number of methoxy groups -OCH3 is 1. The Hall–Kier alpha value is -2.45. The highest BCUT2D eigenvalue weighted by molar-refractivity contribution is 7.88. The molecule has 0 heterocycles. The molecular weight excluding hydrogens is 371 g/mol. The van der Waals surface area contributed by atoms with Crippen LogP contribution in [0.3, 0.4) is 0 Å². The number of carbonyl (C=O) groups excluding carboxylic acids is 1. The number of benzene rings is 2. The average Bonchev–Trinajstić information content (AvgIpc) is 2.62. The number of nitrogens with zero attached hydrogens (tertiary/aromatic N) is 1. The summed E-state index contributed by atoms with van der Waals surface area (Å²) in [5.74, 6) is 0.0821. The monoisotopic (exact) mass is 394 g/mol. The number of hydrogen-bond acceptors (Lipinski definition) is 4. The molecule has 146 valence electrons. The van der Waals surface area contributed by atoms with Gasteiger partial charge in [-0.05, 0) is 35.4 Å². The summed E-state index contributed by atoms with van der Waals surface area (Å²) < 4.78 is 43.3. The summed E-state index contributed by atoms with van der Waals surface area (Å²) in [6.45, 7) is 0.542. The lowest BCUT2D eigenvalue weighted by Gasteiger charge is -2.20. The third-order valence-corrected chi connectivity index (χ3v) is 5.20. The van der Waals surface area contributed by atoms with Gasteiger partial charge in [0.25, 0.3) is 0 Å². The minimum Gasteiger partial charge on any atom is -0.497 e. The molecule has 2 rings (SSSR count). The van der Waals surface area contributed by atoms with Gasteiger partial charge in [0, 0.05) is 19.6 Å². The van der Waals surface area contributed by atoms with Crippen molar-refractivity contribution in [2.24, 2.45) is 0 Å². The summed E-state index contributed by atoms with van der Waals surface area (Å²) in [6, 6.07) is 12.8. The van der Waals surface area contributed by atoms with E-state index in [-0.39, 0.29) is 37.8 Å². The zero-order chi connectivity index (χ0) is 19.9. The van der Waals surface area contributed by atoms with Gasteiger partial charge in [-0.15, -0.1) is 0 Å². The van der Waals surface area contributed by atoms with Crippen molar-refractivity contribution < 1.29 is 22.3 Å². The first-order valence-electron chi connectivity index (χ1n) is 8.37. The zero-order valence-corrected chi connectivity index (χ0v) is 16.1. The first-order valence-corrected chi connectivity index (χ1v) is 10.2. The fourth-order valence-corrected chi connectivity index (χ4v) is 3.27. The standard InChI is InChI=1S/C19H23FN2O4S/c1-26-18-9-5-16(6-10-18)14-22(27(2,24)25)12-11-21-19(23)13-15-3-7-17(20)8-4-15/h3-10H,11-14H2,1-2H3,(H,21,23). The van der Waals surface area contributed by atoms with E-state index in [9.17, 15) is 17.6 Å². The minimum absolute atomic E-state index is 0.109. The van der Waals surface area contributed by atoms with Crippen LogP contribution in [0.2, 0.25) is 0 Å². The number of hydrogen-bond donors (Lipinski definition) is 1. The molecule has 27 heavy (non-hydrogen) atoms. The Kier molecular flexibility index (Phi) is 7.32. The van der Waals surface area contributed by atoms with Crippen LogP contribution in [0.25, 0.3) is 0 Å². The first-order chi connectivity index (χ1) is 12.8. The van der Waals surface area contributed by atoms with E-state index >= 15 is 0 Å². The molecule has 1 amide bonds. The van der Waals surface area contributed by atoms with E-state index in [0.717, 1.165) is 11.8 Å². The third-order valence-electron chi connectivity index (χ3n) is 3.95. The molecule has 0 fully saturated rings. The topological polar surface area (TPSA) is 75.7 Å². The predicted octanol–water partition coefficient (Wildman–Crippen LogP) is 1.95. The summed E-state index contributed by atoms with van der Waals surface area (Å²) in [6.07, 6.45) is 1.24. The molecule has 0 saturated heterocycles. The Morgan fingerprint density at radius 1 is 1.07 bits per heavy atom. The van der Waals surface area contributed by atoms with Crippen LogP contribution in [0, 0.1) is 5.82 Å². The Morgan fingerprint density at radius 2 is 1.67 bits per heavy atom. The number of rotatable bonds is 9. The molecule has 0 aliphatic heterocycles. The van der Waals surface area contributed by atoms with Gasteiger partial charge in [-0.1, -0.05) is 24.3 Å². The summed E-state index contributed by atoms with van der Waals surface area (Å²) in [5.41, 5.74) is 1.51. The van der Waals surface area contributed by atoms with Gasteiger partial charge in [0.05, 0.1) is 19.8 Å². The quantitative estimate of drug-likeness (QED) is 0.705. The van der Waals surface area contributed by atoms with Crippen LogP contribution in [0.4, 0.5) is 4.39 Å². The molecule has 0 unspecified atom stereocenters. The molecule has 8 heteroatoms. The summed E-state index contributed by atoms with van der Waals surface area (Å²) in [7, 11) is -1.87. The van der Waals surface area contributed by atoms with Crippen LogP contribution in [-0.4, -0.2) is 45.1 Å². The number of carbonyl (C=O) groups is 1. The van der Waals surface area contributed by atoms with Gasteiger partial charge in [-0.25, -0.2) is 12.8 Å². The number of nitrogens with one attached hydrogen (secondary N) is 1. The molecule has 0 spiro atoms. The van der Waals surface area contributed by atoms with Crippen LogP contribution < -0.4 is 10.1 Å². The van der Waals surface area contributed by atoms with Crippen molar-refractivity contribution in [3.8, 4) is 5.75 Å². The second-order valence-electron chi connectivity index (χ2n) is 6.10. The SMILES string of the molecule is COc1ccc(CN(CCNC(=O)Cc2ccc(F)cc2)S(C)(=O)=O)cc1. The van der Waals surface area contributed by atoms with E-state index < -0.39 is 10.0 Å². The summed E-state index contributed by atoms with van der Waals surface area (Å²) >= 11 is 0. The number of halogens is 1. The Bertz CT molecular complexity index is 852. The highest BCUT2D eigenvalue weighted by Crippen LogP contribution is 2.14. The normalized spacial score (nSPS) is 11.4. The maximum Gasteiger partial charge on any atom is 0.224 e. The fraction of sp³-hybridized carbons (Fsp3) is 0.316. The van der Waals surface area contributed by atoms with E-state index in [1.54, 1.807) is 43.5 Å². The summed E-state index contributed by atoms with van der Waals surface area (Å²) in [5, 5.41) is 2.69. The van der Waals surface area contributed by atoms with Gasteiger partial charge >= 0.3 is 0 Å². The lowest BCUT2D eigenvalue weighted by Crippen LogP contribution is -2.38. The number of sulfonamides is 1. The highest BCUT2D eigenvalue weighted by atomic mass is 32.2.